The molecule has 3 heterocycles. The number of allylic oxidation sites excluding steroid dienone is 3. The van der Waals surface area contributed by atoms with E-state index in [1.807, 2.05) is 11.0 Å². The number of rotatable bonds is 3. The first kappa shape index (κ1) is 17.1. The van der Waals surface area contributed by atoms with Crippen LogP contribution in [0.5, 0.6) is 0 Å². The standard InChI is InChI=1S/C22H22F2N4/c1-25-17-8-7-15(23)20(21(17)24)14-6-9-19-22(26-12-28(19)11-14)18-10-13-4-2-3-5-16(13)27-18/h6-11,25-27H,2-5,12H2,1H3. The molecule has 0 unspecified atom stereocenters. The third-order valence-electron chi connectivity index (χ3n) is 5.74. The van der Waals surface area contributed by atoms with Crippen molar-refractivity contribution in [2.24, 2.45) is 0 Å². The number of aryl methyl sites for hydroxylation is 2. The fourth-order valence-electron chi connectivity index (χ4n) is 4.29. The minimum absolute atomic E-state index is 0.00839. The van der Waals surface area contributed by atoms with E-state index in [0.717, 1.165) is 29.9 Å². The van der Waals surface area contributed by atoms with Crippen molar-refractivity contribution in [3.63, 3.8) is 0 Å². The van der Waals surface area contributed by atoms with E-state index in [2.05, 4.69) is 21.7 Å². The minimum Gasteiger partial charge on any atom is -0.386 e. The molecule has 0 fully saturated rings. The van der Waals surface area contributed by atoms with Gasteiger partial charge in [0, 0.05) is 24.5 Å². The highest BCUT2D eigenvalue weighted by molar-refractivity contribution is 5.81. The van der Waals surface area contributed by atoms with E-state index in [1.54, 1.807) is 19.3 Å². The van der Waals surface area contributed by atoms with E-state index >= 15 is 0 Å². The molecule has 144 valence electrons. The fourth-order valence-corrected chi connectivity index (χ4v) is 4.29. The SMILES string of the molecule is CNc1ccc(F)c(C2=CN3CNC(c4cc5c([nH]4)CCCC5)=C3C=C2)c1F. The third kappa shape index (κ3) is 2.63. The van der Waals surface area contributed by atoms with Crippen molar-refractivity contribution < 1.29 is 8.78 Å². The van der Waals surface area contributed by atoms with Crippen LogP contribution in [0.3, 0.4) is 0 Å². The number of H-pyrrole nitrogens is 1. The maximum atomic E-state index is 14.7. The summed E-state index contributed by atoms with van der Waals surface area (Å²) in [5, 5.41) is 6.19. The summed E-state index contributed by atoms with van der Waals surface area (Å²) in [6.45, 7) is 0.567. The van der Waals surface area contributed by atoms with Crippen molar-refractivity contribution in [2.45, 2.75) is 25.7 Å². The maximum absolute atomic E-state index is 14.7. The number of hydrogen-bond acceptors (Lipinski definition) is 3. The van der Waals surface area contributed by atoms with Crippen LogP contribution in [0, 0.1) is 11.6 Å². The molecule has 2 aliphatic heterocycles. The first-order valence-electron chi connectivity index (χ1n) is 9.67. The van der Waals surface area contributed by atoms with Crippen LogP contribution in [0.2, 0.25) is 0 Å². The molecule has 1 aromatic carbocycles. The average Bonchev–Trinajstić information content (AvgIpc) is 3.31. The minimum atomic E-state index is -0.574. The Balaban J connectivity index is 1.51. The highest BCUT2D eigenvalue weighted by Gasteiger charge is 2.27. The van der Waals surface area contributed by atoms with E-state index in [-0.39, 0.29) is 11.3 Å². The number of aromatic nitrogens is 1. The van der Waals surface area contributed by atoms with E-state index in [1.165, 1.54) is 36.2 Å². The smallest absolute Gasteiger partial charge is 0.157 e. The van der Waals surface area contributed by atoms with Gasteiger partial charge in [0.1, 0.15) is 5.82 Å². The number of fused-ring (bicyclic) bond motifs is 2. The predicted molar refractivity (Wildman–Crippen MR) is 107 cm³/mol. The van der Waals surface area contributed by atoms with Gasteiger partial charge in [0.15, 0.2) is 5.82 Å². The molecule has 0 spiro atoms. The Hall–Kier alpha value is -3.02. The van der Waals surface area contributed by atoms with Gasteiger partial charge in [-0.25, -0.2) is 8.78 Å². The quantitative estimate of drug-likeness (QED) is 0.741. The number of nitrogens with zero attached hydrogens (tertiary/aromatic N) is 1. The Labute approximate surface area is 162 Å². The van der Waals surface area contributed by atoms with E-state index in [4.69, 9.17) is 0 Å². The van der Waals surface area contributed by atoms with Gasteiger partial charge in [-0.05, 0) is 55.5 Å². The summed E-state index contributed by atoms with van der Waals surface area (Å²) in [6, 6.07) is 4.94. The maximum Gasteiger partial charge on any atom is 0.157 e. The summed E-state index contributed by atoms with van der Waals surface area (Å²) in [5.41, 5.74) is 6.65. The van der Waals surface area contributed by atoms with Crippen LogP contribution in [0.25, 0.3) is 11.3 Å². The Bertz CT molecular complexity index is 1020. The molecule has 1 aliphatic carbocycles. The largest absolute Gasteiger partial charge is 0.386 e. The number of anilines is 1. The Kier molecular flexibility index (Phi) is 4.00. The number of halogens is 2. The molecular formula is C22H22F2N4. The highest BCUT2D eigenvalue weighted by atomic mass is 19.1. The summed E-state index contributed by atoms with van der Waals surface area (Å²) < 4.78 is 29.1. The zero-order valence-electron chi connectivity index (χ0n) is 15.7. The summed E-state index contributed by atoms with van der Waals surface area (Å²) in [7, 11) is 1.62. The molecule has 0 atom stereocenters. The fraction of sp³-hybridized carbons (Fsp3) is 0.273. The van der Waals surface area contributed by atoms with Gasteiger partial charge < -0.3 is 20.5 Å². The van der Waals surface area contributed by atoms with E-state index in [0.29, 0.717) is 12.2 Å². The van der Waals surface area contributed by atoms with Crippen molar-refractivity contribution in [2.75, 3.05) is 19.0 Å². The molecule has 4 nitrogen and oxygen atoms in total. The van der Waals surface area contributed by atoms with Crippen molar-refractivity contribution in [1.82, 2.24) is 15.2 Å². The summed E-state index contributed by atoms with van der Waals surface area (Å²) in [5.74, 6) is -1.14. The van der Waals surface area contributed by atoms with Gasteiger partial charge in [0.2, 0.25) is 0 Å². The lowest BCUT2D eigenvalue weighted by atomic mass is 9.98. The van der Waals surface area contributed by atoms with Crippen LogP contribution >= 0.6 is 0 Å². The lowest BCUT2D eigenvalue weighted by Crippen LogP contribution is -2.19. The number of benzene rings is 1. The third-order valence-corrected chi connectivity index (χ3v) is 5.74. The first-order chi connectivity index (χ1) is 13.7. The predicted octanol–water partition coefficient (Wildman–Crippen LogP) is 4.36. The van der Waals surface area contributed by atoms with Gasteiger partial charge in [-0.15, -0.1) is 0 Å². The Morgan fingerprint density at radius 1 is 1.11 bits per heavy atom. The van der Waals surface area contributed by atoms with Crippen LogP contribution < -0.4 is 10.6 Å². The molecule has 6 heteroatoms. The lowest BCUT2D eigenvalue weighted by molar-refractivity contribution is 0.499. The van der Waals surface area contributed by atoms with Gasteiger partial charge in [0.25, 0.3) is 0 Å². The molecule has 0 bridgehead atoms. The Morgan fingerprint density at radius 3 is 2.79 bits per heavy atom. The number of hydrogen-bond donors (Lipinski definition) is 3. The van der Waals surface area contributed by atoms with Gasteiger partial charge >= 0.3 is 0 Å². The molecule has 1 aromatic heterocycles. The first-order valence-corrected chi connectivity index (χ1v) is 9.67. The zero-order valence-corrected chi connectivity index (χ0v) is 15.7. The highest BCUT2D eigenvalue weighted by Crippen LogP contribution is 2.35. The van der Waals surface area contributed by atoms with Crippen LogP contribution in [-0.2, 0) is 12.8 Å². The molecular weight excluding hydrogens is 358 g/mol. The van der Waals surface area contributed by atoms with Crippen molar-refractivity contribution in [3.8, 4) is 0 Å². The molecule has 0 saturated heterocycles. The molecule has 3 N–H and O–H groups in total. The second-order valence-electron chi connectivity index (χ2n) is 7.41. The molecule has 28 heavy (non-hydrogen) atoms. The number of nitrogens with one attached hydrogen (secondary N) is 3. The molecule has 0 amide bonds. The summed E-state index contributed by atoms with van der Waals surface area (Å²) in [4.78, 5) is 5.55. The Morgan fingerprint density at radius 2 is 1.96 bits per heavy atom. The normalized spacial score (nSPS) is 18.0. The van der Waals surface area contributed by atoms with Gasteiger partial charge in [-0.1, -0.05) is 6.08 Å². The van der Waals surface area contributed by atoms with E-state index < -0.39 is 11.6 Å². The van der Waals surface area contributed by atoms with Crippen LogP contribution in [0.1, 0.15) is 35.4 Å². The average molecular weight is 380 g/mol. The van der Waals surface area contributed by atoms with Crippen molar-refractivity contribution >= 4 is 17.0 Å². The van der Waals surface area contributed by atoms with Crippen LogP contribution in [0.4, 0.5) is 14.5 Å². The van der Waals surface area contributed by atoms with Gasteiger partial charge in [0.05, 0.1) is 35.0 Å². The second kappa shape index (κ2) is 6.55. The molecule has 0 saturated carbocycles. The van der Waals surface area contributed by atoms with Gasteiger partial charge in [-0.3, -0.25) is 0 Å². The molecule has 3 aliphatic rings. The lowest BCUT2D eigenvalue weighted by Gasteiger charge is -2.21. The monoisotopic (exact) mass is 380 g/mol. The second-order valence-corrected chi connectivity index (χ2v) is 7.41. The van der Waals surface area contributed by atoms with Crippen LogP contribution in [-0.4, -0.2) is 23.6 Å². The van der Waals surface area contributed by atoms with Crippen molar-refractivity contribution in [3.05, 3.63) is 76.4 Å². The molecule has 2 aromatic rings. The zero-order chi connectivity index (χ0) is 19.3. The van der Waals surface area contributed by atoms with Gasteiger partial charge in [-0.2, -0.15) is 0 Å². The molecule has 5 rings (SSSR count). The summed E-state index contributed by atoms with van der Waals surface area (Å²) >= 11 is 0. The van der Waals surface area contributed by atoms with E-state index in [9.17, 15) is 8.78 Å². The summed E-state index contributed by atoms with van der Waals surface area (Å²) in [6.07, 6.45) is 10.2. The molecule has 0 radical (unpaired) electrons. The van der Waals surface area contributed by atoms with Crippen LogP contribution in [0.15, 0.2) is 42.2 Å². The van der Waals surface area contributed by atoms with Crippen molar-refractivity contribution in [1.29, 1.82) is 0 Å². The number of aromatic amines is 1. The topological polar surface area (TPSA) is 43.1 Å².